The van der Waals surface area contributed by atoms with Gasteiger partial charge in [0.25, 0.3) is 0 Å². The van der Waals surface area contributed by atoms with Crippen molar-refractivity contribution < 1.29 is 15.3 Å². The number of hydrogen-bond acceptors (Lipinski definition) is 4. The van der Waals surface area contributed by atoms with Gasteiger partial charge in [-0.2, -0.15) is 0 Å². The number of aliphatic hydroxyl groups excluding tert-OH is 2. The van der Waals surface area contributed by atoms with Gasteiger partial charge >= 0.3 is 0 Å². The van der Waals surface area contributed by atoms with Gasteiger partial charge in [0.1, 0.15) is 0 Å². The maximum Gasteiger partial charge on any atom is 0.0636 e. The minimum Gasteiger partial charge on any atom is -0.872 e. The molecule has 1 rings (SSSR count). The van der Waals surface area contributed by atoms with E-state index < -0.39 is 0 Å². The zero-order valence-electron chi connectivity index (χ0n) is 9.76. The molecule has 3 N–H and O–H groups in total. The van der Waals surface area contributed by atoms with Crippen LogP contribution in [0.25, 0.3) is 0 Å². The van der Waals surface area contributed by atoms with Gasteiger partial charge in [-0.1, -0.05) is 30.3 Å². The Morgan fingerprint density at radius 1 is 1.06 bits per heavy atom. The Morgan fingerprint density at radius 3 is 1.75 bits per heavy atom. The second-order valence-electron chi connectivity index (χ2n) is 3.67. The summed E-state index contributed by atoms with van der Waals surface area (Å²) >= 11 is 0. The maximum absolute atomic E-state index is 10.3. The van der Waals surface area contributed by atoms with Crippen molar-refractivity contribution in [2.24, 2.45) is 0 Å². The van der Waals surface area contributed by atoms with Gasteiger partial charge in [-0.25, -0.2) is 0 Å². The molecule has 1 aromatic rings. The van der Waals surface area contributed by atoms with Crippen LogP contribution in [0.5, 0.6) is 5.75 Å². The SMILES string of the molecule is CC(O)CNCC(C)O.[O-]c1ccccc1. The van der Waals surface area contributed by atoms with E-state index in [1.165, 1.54) is 12.1 Å². The van der Waals surface area contributed by atoms with Crippen molar-refractivity contribution in [3.8, 4) is 5.75 Å². The Bertz CT molecular complexity index is 242. The fourth-order valence-electron chi connectivity index (χ4n) is 0.922. The molecule has 0 saturated carbocycles. The lowest BCUT2D eigenvalue weighted by molar-refractivity contribution is -0.268. The van der Waals surface area contributed by atoms with Crippen molar-refractivity contribution in [3.05, 3.63) is 30.3 Å². The first kappa shape index (κ1) is 14.9. The van der Waals surface area contributed by atoms with Crippen molar-refractivity contribution in [2.45, 2.75) is 26.1 Å². The molecule has 0 fully saturated rings. The Morgan fingerprint density at radius 2 is 1.50 bits per heavy atom. The highest BCUT2D eigenvalue weighted by Gasteiger charge is 1.96. The van der Waals surface area contributed by atoms with Crippen LogP contribution >= 0.6 is 0 Å². The van der Waals surface area contributed by atoms with Gasteiger partial charge in [0.2, 0.25) is 0 Å². The Kier molecular flexibility index (Phi) is 8.52. The lowest BCUT2D eigenvalue weighted by Gasteiger charge is -2.07. The fraction of sp³-hybridized carbons (Fsp3) is 0.500. The van der Waals surface area contributed by atoms with Crippen LogP contribution < -0.4 is 10.4 Å². The molecule has 0 aliphatic rings. The number of nitrogens with one attached hydrogen (secondary N) is 1. The van der Waals surface area contributed by atoms with Crippen LogP contribution in [0.1, 0.15) is 13.8 Å². The molecule has 0 bridgehead atoms. The molecule has 0 radical (unpaired) electrons. The quantitative estimate of drug-likeness (QED) is 0.680. The number of benzene rings is 1. The lowest BCUT2D eigenvalue weighted by Crippen LogP contribution is -2.30. The summed E-state index contributed by atoms with van der Waals surface area (Å²) in [4.78, 5) is 0. The van der Waals surface area contributed by atoms with E-state index in [1.807, 2.05) is 6.07 Å². The van der Waals surface area contributed by atoms with E-state index in [9.17, 15) is 5.11 Å². The fourth-order valence-corrected chi connectivity index (χ4v) is 0.922. The predicted octanol–water partition coefficient (Wildman–Crippen LogP) is 0.0978. The van der Waals surface area contributed by atoms with Crippen molar-refractivity contribution in [3.63, 3.8) is 0 Å². The molecule has 4 heteroatoms. The predicted molar refractivity (Wildman–Crippen MR) is 62.1 cm³/mol. The molecular weight excluding hydrogens is 206 g/mol. The molecule has 4 nitrogen and oxygen atoms in total. The van der Waals surface area contributed by atoms with Crippen LogP contribution in [-0.4, -0.2) is 35.5 Å². The normalized spacial score (nSPS) is 13.5. The highest BCUT2D eigenvalue weighted by Crippen LogP contribution is 1.98. The van der Waals surface area contributed by atoms with E-state index in [1.54, 1.807) is 26.0 Å². The molecule has 0 saturated heterocycles. The van der Waals surface area contributed by atoms with Crippen molar-refractivity contribution in [1.82, 2.24) is 5.32 Å². The number of hydrogen-bond donors (Lipinski definition) is 3. The van der Waals surface area contributed by atoms with Crippen LogP contribution in [0.4, 0.5) is 0 Å². The van der Waals surface area contributed by atoms with E-state index in [2.05, 4.69) is 5.32 Å². The summed E-state index contributed by atoms with van der Waals surface area (Å²) in [5.74, 6) is 0.0718. The zero-order valence-corrected chi connectivity index (χ0v) is 9.76. The number of para-hydroxylation sites is 1. The molecule has 92 valence electrons. The molecule has 0 spiro atoms. The van der Waals surface area contributed by atoms with E-state index in [0.29, 0.717) is 13.1 Å². The molecule has 16 heavy (non-hydrogen) atoms. The van der Waals surface area contributed by atoms with Gasteiger partial charge in [-0.15, -0.1) is 5.75 Å². The third-order valence-electron chi connectivity index (χ3n) is 1.62. The van der Waals surface area contributed by atoms with Crippen LogP contribution in [-0.2, 0) is 0 Å². The molecule has 0 aliphatic carbocycles. The van der Waals surface area contributed by atoms with Gasteiger partial charge in [0.15, 0.2) is 0 Å². The van der Waals surface area contributed by atoms with Gasteiger partial charge in [0.05, 0.1) is 12.2 Å². The van der Waals surface area contributed by atoms with E-state index in [4.69, 9.17) is 10.2 Å². The third kappa shape index (κ3) is 11.0. The molecule has 1 aromatic carbocycles. The maximum atomic E-state index is 10.3. The minimum atomic E-state index is -0.330. The molecule has 0 aromatic heterocycles. The van der Waals surface area contributed by atoms with Gasteiger partial charge < -0.3 is 20.6 Å². The second kappa shape index (κ2) is 9.15. The van der Waals surface area contributed by atoms with Gasteiger partial charge in [-0.05, 0) is 13.8 Å². The topological polar surface area (TPSA) is 75.5 Å². The molecule has 2 atom stereocenters. The third-order valence-corrected chi connectivity index (χ3v) is 1.62. The van der Waals surface area contributed by atoms with E-state index in [0.717, 1.165) is 0 Å². The van der Waals surface area contributed by atoms with Crippen LogP contribution in [0.3, 0.4) is 0 Å². The average Bonchev–Trinajstić information content (AvgIpc) is 2.18. The summed E-state index contributed by atoms with van der Waals surface area (Å²) in [7, 11) is 0. The molecule has 0 amide bonds. The first-order valence-electron chi connectivity index (χ1n) is 5.31. The van der Waals surface area contributed by atoms with Crippen LogP contribution in [0.2, 0.25) is 0 Å². The second-order valence-corrected chi connectivity index (χ2v) is 3.67. The molecule has 2 unspecified atom stereocenters. The van der Waals surface area contributed by atoms with Crippen LogP contribution in [0.15, 0.2) is 30.3 Å². The summed E-state index contributed by atoms with van der Waals surface area (Å²) in [6.07, 6.45) is -0.660. The van der Waals surface area contributed by atoms with Crippen molar-refractivity contribution in [2.75, 3.05) is 13.1 Å². The number of aliphatic hydroxyl groups is 2. The monoisotopic (exact) mass is 226 g/mol. The molecular formula is C12H20NO3-. The summed E-state index contributed by atoms with van der Waals surface area (Å²) < 4.78 is 0. The highest BCUT2D eigenvalue weighted by atomic mass is 16.3. The smallest absolute Gasteiger partial charge is 0.0636 e. The summed E-state index contributed by atoms with van der Waals surface area (Å²) in [5, 5.41) is 30.6. The first-order valence-corrected chi connectivity index (χ1v) is 5.31. The standard InChI is InChI=1S/C6H15NO2.C6H6O/c1-5(8)3-7-4-6(2)9;7-6-4-2-1-3-5-6/h5-9H,3-4H2,1-2H3;1-5,7H/p-1. The number of rotatable bonds is 4. The Labute approximate surface area is 96.6 Å². The van der Waals surface area contributed by atoms with E-state index >= 15 is 0 Å². The highest BCUT2D eigenvalue weighted by molar-refractivity contribution is 5.17. The van der Waals surface area contributed by atoms with Crippen LogP contribution in [0, 0.1) is 0 Å². The van der Waals surface area contributed by atoms with Crippen molar-refractivity contribution in [1.29, 1.82) is 0 Å². The van der Waals surface area contributed by atoms with E-state index in [-0.39, 0.29) is 18.0 Å². The lowest BCUT2D eigenvalue weighted by atomic mass is 10.3. The first-order chi connectivity index (χ1) is 7.52. The average molecular weight is 226 g/mol. The Balaban J connectivity index is 0.000000288. The zero-order chi connectivity index (χ0) is 12.4. The minimum absolute atomic E-state index is 0.0718. The largest absolute Gasteiger partial charge is 0.872 e. The van der Waals surface area contributed by atoms with Gasteiger partial charge in [-0.3, -0.25) is 0 Å². The Hall–Kier alpha value is -1.10. The summed E-state index contributed by atoms with van der Waals surface area (Å²) in [6, 6.07) is 8.33. The molecule has 0 aliphatic heterocycles. The summed E-state index contributed by atoms with van der Waals surface area (Å²) in [5.41, 5.74) is 0. The van der Waals surface area contributed by atoms with Crippen molar-refractivity contribution >= 4 is 0 Å². The molecule has 0 heterocycles. The van der Waals surface area contributed by atoms with Gasteiger partial charge in [0, 0.05) is 13.1 Å². The summed E-state index contributed by atoms with van der Waals surface area (Å²) in [6.45, 7) is 4.50.